The number of thioether (sulfide) groups is 1. The van der Waals surface area contributed by atoms with E-state index in [4.69, 9.17) is 0 Å². The van der Waals surface area contributed by atoms with Crippen LogP contribution in [-0.2, 0) is 5.41 Å². The summed E-state index contributed by atoms with van der Waals surface area (Å²) in [6.07, 6.45) is -0.444. The average molecular weight is 593 g/mol. The predicted molar refractivity (Wildman–Crippen MR) is 163 cm³/mol. The molecule has 1 atom stereocenters. The van der Waals surface area contributed by atoms with Crippen molar-refractivity contribution in [3.05, 3.63) is 90.3 Å². The summed E-state index contributed by atoms with van der Waals surface area (Å²) in [5.41, 5.74) is 4.65. The molecule has 1 saturated heterocycles. The molecule has 7 nitrogen and oxygen atoms in total. The first-order chi connectivity index (χ1) is 20.0. The number of anilines is 1. The molecule has 4 aromatic rings. The molecule has 0 saturated carbocycles. The van der Waals surface area contributed by atoms with E-state index in [0.717, 1.165) is 28.5 Å². The zero-order valence-corrected chi connectivity index (χ0v) is 24.5. The summed E-state index contributed by atoms with van der Waals surface area (Å²) in [7, 11) is 0. The van der Waals surface area contributed by atoms with E-state index in [1.807, 2.05) is 24.3 Å². The molecule has 42 heavy (non-hydrogen) atoms. The highest BCUT2D eigenvalue weighted by molar-refractivity contribution is 8.14. The van der Waals surface area contributed by atoms with Gasteiger partial charge in [0.25, 0.3) is 0 Å². The van der Waals surface area contributed by atoms with Gasteiger partial charge in [0.05, 0.1) is 11.9 Å². The van der Waals surface area contributed by atoms with Crippen LogP contribution in [0.25, 0.3) is 17.1 Å². The Hall–Kier alpha value is -4.12. The van der Waals surface area contributed by atoms with Crippen LogP contribution >= 0.6 is 11.8 Å². The molecular formula is C31H31F3N6OS. The highest BCUT2D eigenvalue weighted by atomic mass is 32.2. The van der Waals surface area contributed by atoms with Crippen LogP contribution in [0, 0.1) is 0 Å². The first-order valence-electron chi connectivity index (χ1n) is 13.5. The van der Waals surface area contributed by atoms with E-state index in [1.165, 1.54) is 46.5 Å². The largest absolute Gasteiger partial charge is 0.573 e. The molecule has 218 valence electrons. The van der Waals surface area contributed by atoms with Gasteiger partial charge in [-0.2, -0.15) is 5.10 Å². The second kappa shape index (κ2) is 12.0. The number of hydrogen-bond donors (Lipinski definition) is 0. The maximum atomic E-state index is 12.4. The maximum absolute atomic E-state index is 12.4. The molecule has 0 radical (unpaired) electrons. The Bertz CT molecular complexity index is 1570. The molecule has 0 amide bonds. The predicted octanol–water partition coefficient (Wildman–Crippen LogP) is 7.85. The summed E-state index contributed by atoms with van der Waals surface area (Å²) >= 11 is 1.71. The molecule has 1 unspecified atom stereocenters. The molecule has 0 bridgehead atoms. The minimum Gasteiger partial charge on any atom is -0.406 e. The number of alkyl halides is 3. The second-order valence-corrected chi connectivity index (χ2v) is 12.0. The van der Waals surface area contributed by atoms with Crippen molar-refractivity contribution in [3.63, 3.8) is 0 Å². The number of para-hydroxylation sites is 1. The summed E-state index contributed by atoms with van der Waals surface area (Å²) < 4.78 is 42.7. The first-order valence-corrected chi connectivity index (χ1v) is 14.5. The Morgan fingerprint density at radius 1 is 0.976 bits per heavy atom. The van der Waals surface area contributed by atoms with E-state index < -0.39 is 6.36 Å². The molecular weight excluding hydrogens is 561 g/mol. The molecule has 1 aromatic heterocycles. The average Bonchev–Trinajstić information content (AvgIpc) is 3.43. The Morgan fingerprint density at radius 3 is 2.38 bits per heavy atom. The number of nitrogens with zero attached hydrogens (tertiary/aromatic N) is 6. The lowest BCUT2D eigenvalue weighted by Gasteiger charge is -2.38. The highest BCUT2D eigenvalue weighted by Crippen LogP contribution is 2.37. The van der Waals surface area contributed by atoms with Crippen molar-refractivity contribution in [1.82, 2.24) is 14.8 Å². The molecule has 0 spiro atoms. The van der Waals surface area contributed by atoms with Crippen LogP contribution in [-0.4, -0.2) is 44.3 Å². The number of benzene rings is 3. The topological polar surface area (TPSA) is 67.9 Å². The van der Waals surface area contributed by atoms with Crippen molar-refractivity contribution in [2.45, 2.75) is 51.9 Å². The monoisotopic (exact) mass is 592 g/mol. The molecule has 3 aromatic carbocycles. The minimum atomic E-state index is -4.74. The smallest absolute Gasteiger partial charge is 0.406 e. The SMILES string of the molecule is CC1CCSC(=NN=Cc2ccc(-c3ncn(-c4ccc(OC(F)(F)F)cc4)n3)cc2)N1c1ccccc1C(C)(C)C. The standard InChI is InChI=1S/C31H31F3N6OS/c1-21-17-18-42-29(40(21)27-8-6-5-7-26(27)30(2,3)4)37-36-19-22-9-11-23(12-10-22)28-35-20-39(38-28)24-13-15-25(16-14-24)41-31(32,33)34/h5-16,19-21H,17-18H2,1-4H3. The van der Waals surface area contributed by atoms with Crippen LogP contribution in [0.2, 0.25) is 0 Å². The number of aromatic nitrogens is 3. The lowest BCUT2D eigenvalue weighted by Crippen LogP contribution is -2.42. The molecule has 2 heterocycles. The van der Waals surface area contributed by atoms with Crippen molar-refractivity contribution < 1.29 is 17.9 Å². The van der Waals surface area contributed by atoms with Gasteiger partial charge in [0, 0.05) is 23.0 Å². The summed E-state index contributed by atoms with van der Waals surface area (Å²) in [5.74, 6) is 1.17. The summed E-state index contributed by atoms with van der Waals surface area (Å²) in [6, 6.07) is 21.8. The molecule has 1 fully saturated rings. The van der Waals surface area contributed by atoms with E-state index in [1.54, 1.807) is 18.0 Å². The van der Waals surface area contributed by atoms with Gasteiger partial charge < -0.3 is 9.64 Å². The quantitative estimate of drug-likeness (QED) is 0.169. The molecule has 5 rings (SSSR count). The number of halogens is 3. The second-order valence-electron chi connectivity index (χ2n) is 10.9. The van der Waals surface area contributed by atoms with Gasteiger partial charge in [-0.1, -0.05) is 75.0 Å². The fourth-order valence-electron chi connectivity index (χ4n) is 4.63. The minimum absolute atomic E-state index is 0.00454. The van der Waals surface area contributed by atoms with E-state index in [0.29, 0.717) is 17.6 Å². The Kier molecular flexibility index (Phi) is 8.40. The van der Waals surface area contributed by atoms with Gasteiger partial charge >= 0.3 is 6.36 Å². The van der Waals surface area contributed by atoms with Gasteiger partial charge in [-0.15, -0.1) is 23.4 Å². The van der Waals surface area contributed by atoms with Crippen molar-refractivity contribution >= 4 is 28.8 Å². The number of amidine groups is 1. The van der Waals surface area contributed by atoms with Gasteiger partial charge in [0.2, 0.25) is 0 Å². The van der Waals surface area contributed by atoms with Crippen LogP contribution in [0.15, 0.2) is 89.3 Å². The molecule has 0 aliphatic carbocycles. The first kappa shape index (κ1) is 29.4. The third-order valence-corrected chi connectivity index (χ3v) is 7.71. The summed E-state index contributed by atoms with van der Waals surface area (Å²) in [5, 5.41) is 14.4. The van der Waals surface area contributed by atoms with Crippen LogP contribution in [0.3, 0.4) is 0 Å². The Balaban J connectivity index is 1.29. The third kappa shape index (κ3) is 7.02. The van der Waals surface area contributed by atoms with E-state index in [-0.39, 0.29) is 11.2 Å². The Morgan fingerprint density at radius 2 is 1.69 bits per heavy atom. The molecule has 1 aliphatic heterocycles. The summed E-state index contributed by atoms with van der Waals surface area (Å²) in [6.45, 7) is 8.89. The van der Waals surface area contributed by atoms with Gasteiger partial charge in [0.15, 0.2) is 11.0 Å². The lowest BCUT2D eigenvalue weighted by molar-refractivity contribution is -0.274. The zero-order valence-electron chi connectivity index (χ0n) is 23.7. The van der Waals surface area contributed by atoms with Gasteiger partial charge in [0.1, 0.15) is 12.1 Å². The van der Waals surface area contributed by atoms with Crippen LogP contribution in [0.5, 0.6) is 5.75 Å². The van der Waals surface area contributed by atoms with Crippen LogP contribution in [0.1, 0.15) is 45.2 Å². The molecule has 11 heteroatoms. The highest BCUT2D eigenvalue weighted by Gasteiger charge is 2.31. The number of hydrogen-bond acceptors (Lipinski definition) is 6. The van der Waals surface area contributed by atoms with Crippen LogP contribution in [0.4, 0.5) is 18.9 Å². The van der Waals surface area contributed by atoms with Gasteiger partial charge in [-0.3, -0.25) is 0 Å². The number of rotatable bonds is 6. The van der Waals surface area contributed by atoms with E-state index >= 15 is 0 Å². The lowest BCUT2D eigenvalue weighted by atomic mass is 9.85. The fourth-order valence-corrected chi connectivity index (χ4v) is 5.79. The van der Waals surface area contributed by atoms with Gasteiger partial charge in [-0.05, 0) is 60.2 Å². The zero-order chi connectivity index (χ0) is 29.9. The van der Waals surface area contributed by atoms with Crippen molar-refractivity contribution in [2.24, 2.45) is 10.2 Å². The fraction of sp³-hybridized carbons (Fsp3) is 0.290. The van der Waals surface area contributed by atoms with Crippen molar-refractivity contribution in [1.29, 1.82) is 0 Å². The van der Waals surface area contributed by atoms with E-state index in [9.17, 15) is 13.2 Å². The van der Waals surface area contributed by atoms with Crippen molar-refractivity contribution in [2.75, 3.05) is 10.7 Å². The van der Waals surface area contributed by atoms with Gasteiger partial charge in [-0.25, -0.2) is 9.67 Å². The normalized spacial score (nSPS) is 17.3. The maximum Gasteiger partial charge on any atom is 0.573 e. The Labute approximate surface area is 247 Å². The van der Waals surface area contributed by atoms with E-state index in [2.05, 4.69) is 81.9 Å². The molecule has 1 aliphatic rings. The third-order valence-electron chi connectivity index (χ3n) is 6.73. The van der Waals surface area contributed by atoms with Crippen molar-refractivity contribution in [3.8, 4) is 22.8 Å². The summed E-state index contributed by atoms with van der Waals surface area (Å²) in [4.78, 5) is 6.64. The number of ether oxygens (including phenoxy) is 1. The molecule has 0 N–H and O–H groups in total. The van der Waals surface area contributed by atoms with Crippen LogP contribution < -0.4 is 9.64 Å².